The van der Waals surface area contributed by atoms with Crippen LogP contribution in [0.4, 0.5) is 11.5 Å². The van der Waals surface area contributed by atoms with E-state index in [4.69, 9.17) is 0 Å². The third kappa shape index (κ3) is 5.00. The zero-order valence-corrected chi connectivity index (χ0v) is 23.5. The van der Waals surface area contributed by atoms with E-state index in [1.54, 1.807) is 11.1 Å². The Labute approximate surface area is 240 Å². The van der Waals surface area contributed by atoms with E-state index in [2.05, 4.69) is 26.3 Å². The number of hydrogen-bond donors (Lipinski definition) is 4. The number of hydrogen-bond acceptors (Lipinski definition) is 6. The molecule has 9 heteroatoms. The standard InChI is InChI=1S/C32H36N6O3/c1-31(11-13-34-20-31)30(41)38(18-23-7-4-3-6-22(23)17-33-2)19-27(39)36-25-10-9-21-15-32(16-24(21)14-25)26-8-5-12-35-28(26)37-29(32)40/h3-10,12,14,33-34H,11,13,15-20H2,1-2H3,(H,36,39)(H,35,37,40)/t31?,32-/m1/s1. The molecule has 1 aromatic heterocycles. The van der Waals surface area contributed by atoms with Gasteiger partial charge in [0.2, 0.25) is 17.7 Å². The van der Waals surface area contributed by atoms with Crippen LogP contribution in [0.15, 0.2) is 60.8 Å². The highest BCUT2D eigenvalue weighted by Crippen LogP contribution is 2.47. The van der Waals surface area contributed by atoms with E-state index < -0.39 is 10.8 Å². The van der Waals surface area contributed by atoms with Gasteiger partial charge in [-0.1, -0.05) is 36.4 Å². The van der Waals surface area contributed by atoms with Gasteiger partial charge in [0, 0.05) is 37.1 Å². The molecule has 1 saturated heterocycles. The van der Waals surface area contributed by atoms with Crippen LogP contribution in [-0.2, 0) is 45.7 Å². The predicted molar refractivity (Wildman–Crippen MR) is 157 cm³/mol. The fourth-order valence-corrected chi connectivity index (χ4v) is 6.58. The van der Waals surface area contributed by atoms with Gasteiger partial charge < -0.3 is 26.2 Å². The van der Waals surface area contributed by atoms with Crippen molar-refractivity contribution in [2.75, 3.05) is 37.3 Å². The highest BCUT2D eigenvalue weighted by atomic mass is 16.2. The van der Waals surface area contributed by atoms with Gasteiger partial charge in [-0.3, -0.25) is 14.4 Å². The third-order valence-corrected chi connectivity index (χ3v) is 8.82. The SMILES string of the molecule is CNCc1ccccc1CN(CC(=O)Nc1ccc2c(c1)C[C@@]1(C2)C(=O)Nc2ncccc21)C(=O)C1(C)CCNC1. The van der Waals surface area contributed by atoms with Crippen LogP contribution in [-0.4, -0.2) is 54.3 Å². The first-order valence-electron chi connectivity index (χ1n) is 14.2. The lowest BCUT2D eigenvalue weighted by atomic mass is 9.79. The lowest BCUT2D eigenvalue weighted by molar-refractivity contribution is -0.143. The molecule has 9 nitrogen and oxygen atoms in total. The Morgan fingerprint density at radius 2 is 1.85 bits per heavy atom. The minimum absolute atomic E-state index is 0.0210. The fourth-order valence-electron chi connectivity index (χ4n) is 6.58. The van der Waals surface area contributed by atoms with E-state index in [1.807, 2.05) is 68.6 Å². The maximum atomic E-state index is 13.8. The van der Waals surface area contributed by atoms with Crippen LogP contribution in [0.25, 0.3) is 0 Å². The maximum absolute atomic E-state index is 13.8. The van der Waals surface area contributed by atoms with Gasteiger partial charge in [-0.25, -0.2) is 4.98 Å². The first-order chi connectivity index (χ1) is 19.8. The number of carbonyl (C=O) groups is 3. The molecule has 1 spiro atoms. The Morgan fingerprint density at radius 3 is 2.63 bits per heavy atom. The van der Waals surface area contributed by atoms with Crippen LogP contribution in [0.3, 0.4) is 0 Å². The van der Waals surface area contributed by atoms with Crippen LogP contribution in [0.1, 0.15) is 41.2 Å². The van der Waals surface area contributed by atoms with Gasteiger partial charge in [0.15, 0.2) is 0 Å². The summed E-state index contributed by atoms with van der Waals surface area (Å²) in [5.74, 6) is 0.328. The quantitative estimate of drug-likeness (QED) is 0.342. The average molecular weight is 553 g/mol. The number of fused-ring (bicyclic) bond motifs is 3. The monoisotopic (exact) mass is 552 g/mol. The lowest BCUT2D eigenvalue weighted by Gasteiger charge is -2.31. The summed E-state index contributed by atoms with van der Waals surface area (Å²) in [5, 5.41) is 12.4. The van der Waals surface area contributed by atoms with Crippen LogP contribution in [0, 0.1) is 5.41 Å². The number of pyridine rings is 1. The van der Waals surface area contributed by atoms with E-state index >= 15 is 0 Å². The van der Waals surface area contributed by atoms with E-state index in [0.29, 0.717) is 44.0 Å². The van der Waals surface area contributed by atoms with E-state index in [0.717, 1.165) is 40.8 Å². The van der Waals surface area contributed by atoms with E-state index in [1.165, 1.54) is 0 Å². The summed E-state index contributed by atoms with van der Waals surface area (Å²) >= 11 is 0. The minimum Gasteiger partial charge on any atom is -0.329 e. The molecule has 6 rings (SSSR count). The van der Waals surface area contributed by atoms with Crippen molar-refractivity contribution >= 4 is 29.2 Å². The average Bonchev–Trinajstić information content (AvgIpc) is 3.65. The number of benzene rings is 2. The zero-order chi connectivity index (χ0) is 28.6. The molecule has 3 heterocycles. The van der Waals surface area contributed by atoms with Crippen molar-refractivity contribution in [2.24, 2.45) is 5.41 Å². The van der Waals surface area contributed by atoms with Crippen molar-refractivity contribution in [3.63, 3.8) is 0 Å². The number of rotatable bonds is 8. The number of nitrogens with one attached hydrogen (secondary N) is 4. The highest BCUT2D eigenvalue weighted by molar-refractivity contribution is 6.06. The topological polar surface area (TPSA) is 115 Å². The lowest BCUT2D eigenvalue weighted by Crippen LogP contribution is -2.46. The molecule has 0 saturated carbocycles. The van der Waals surface area contributed by atoms with Gasteiger partial charge in [0.1, 0.15) is 12.4 Å². The van der Waals surface area contributed by atoms with Gasteiger partial charge in [-0.05, 0) is 80.2 Å². The molecule has 4 N–H and O–H groups in total. The molecule has 3 aliphatic rings. The molecule has 2 aliphatic heterocycles. The Hall–Kier alpha value is -4.08. The Balaban J connectivity index is 1.20. The van der Waals surface area contributed by atoms with E-state index in [-0.39, 0.29) is 24.3 Å². The summed E-state index contributed by atoms with van der Waals surface area (Å²) in [7, 11) is 1.89. The summed E-state index contributed by atoms with van der Waals surface area (Å²) in [6, 6.07) is 17.7. The molecule has 3 amide bonds. The predicted octanol–water partition coefficient (Wildman–Crippen LogP) is 2.76. The second-order valence-electron chi connectivity index (χ2n) is 11.8. The maximum Gasteiger partial charge on any atom is 0.244 e. The van der Waals surface area contributed by atoms with Gasteiger partial charge in [-0.2, -0.15) is 0 Å². The second-order valence-corrected chi connectivity index (χ2v) is 11.8. The van der Waals surface area contributed by atoms with Crippen molar-refractivity contribution < 1.29 is 14.4 Å². The molecule has 0 bridgehead atoms. The van der Waals surface area contributed by atoms with Crippen LogP contribution >= 0.6 is 0 Å². The summed E-state index contributed by atoms with van der Waals surface area (Å²) in [4.78, 5) is 46.3. The van der Waals surface area contributed by atoms with Crippen LogP contribution in [0.2, 0.25) is 0 Å². The first-order valence-corrected chi connectivity index (χ1v) is 14.2. The molecule has 41 heavy (non-hydrogen) atoms. The molecule has 0 radical (unpaired) electrons. The molecule has 2 atom stereocenters. The Kier molecular flexibility index (Phi) is 7.09. The summed E-state index contributed by atoms with van der Waals surface area (Å²) < 4.78 is 0. The van der Waals surface area contributed by atoms with Crippen molar-refractivity contribution in [1.29, 1.82) is 0 Å². The molecule has 3 aromatic rings. The minimum atomic E-state index is -0.663. The van der Waals surface area contributed by atoms with Crippen molar-refractivity contribution in [3.8, 4) is 0 Å². The molecule has 1 fully saturated rings. The van der Waals surface area contributed by atoms with Gasteiger partial charge in [-0.15, -0.1) is 0 Å². The largest absolute Gasteiger partial charge is 0.329 e. The second kappa shape index (κ2) is 10.7. The number of anilines is 2. The van der Waals surface area contributed by atoms with E-state index in [9.17, 15) is 14.4 Å². The van der Waals surface area contributed by atoms with Gasteiger partial charge >= 0.3 is 0 Å². The summed E-state index contributed by atoms with van der Waals surface area (Å²) in [6.45, 7) is 4.34. The molecule has 1 unspecified atom stereocenters. The third-order valence-electron chi connectivity index (χ3n) is 8.82. The van der Waals surface area contributed by atoms with Crippen molar-refractivity contribution in [1.82, 2.24) is 20.5 Å². The highest BCUT2D eigenvalue weighted by Gasteiger charge is 2.51. The summed E-state index contributed by atoms with van der Waals surface area (Å²) in [6.07, 6.45) is 3.57. The number of aromatic nitrogens is 1. The molecular formula is C32H36N6O3. The van der Waals surface area contributed by atoms with Crippen molar-refractivity contribution in [2.45, 2.75) is 44.7 Å². The number of amides is 3. The first kappa shape index (κ1) is 27.1. The zero-order valence-electron chi connectivity index (χ0n) is 23.5. The number of carbonyl (C=O) groups excluding carboxylic acids is 3. The summed E-state index contributed by atoms with van der Waals surface area (Å²) in [5.41, 5.74) is 4.62. The normalized spacial score (nSPS) is 22.3. The molecular weight excluding hydrogens is 516 g/mol. The Morgan fingerprint density at radius 1 is 1.05 bits per heavy atom. The van der Waals surface area contributed by atoms with Crippen LogP contribution < -0.4 is 21.3 Å². The van der Waals surface area contributed by atoms with Gasteiger partial charge in [0.05, 0.1) is 10.8 Å². The molecule has 212 valence electrons. The van der Waals surface area contributed by atoms with Crippen LogP contribution in [0.5, 0.6) is 0 Å². The van der Waals surface area contributed by atoms with Gasteiger partial charge in [0.25, 0.3) is 0 Å². The smallest absolute Gasteiger partial charge is 0.244 e. The van der Waals surface area contributed by atoms with Crippen molar-refractivity contribution in [3.05, 3.63) is 88.6 Å². The Bertz CT molecular complexity index is 1510. The molecule has 2 aromatic carbocycles. The number of nitrogens with zero attached hydrogens (tertiary/aromatic N) is 2. The fraction of sp³-hybridized carbons (Fsp3) is 0.375. The molecule has 1 aliphatic carbocycles.